The monoisotopic (exact) mass is 441 g/mol. The minimum atomic E-state index is -0.520. The van der Waals surface area contributed by atoms with Gasteiger partial charge in [0.25, 0.3) is 0 Å². The van der Waals surface area contributed by atoms with Crippen LogP contribution in [-0.2, 0) is 14.9 Å². The highest BCUT2D eigenvalue weighted by Gasteiger charge is 2.39. The molecule has 0 radical (unpaired) electrons. The fourth-order valence-corrected chi connectivity index (χ4v) is 4.67. The van der Waals surface area contributed by atoms with Crippen molar-refractivity contribution in [2.24, 2.45) is 0 Å². The predicted octanol–water partition coefficient (Wildman–Crippen LogP) is 4.76. The number of benzene rings is 1. The SMILES string of the molecule is CCOC(=O)C1=C(CN2CCCC[C@H]2C)N(CC)C(=O)N[C@H]1c1ccc(C(C)(C)C)cc1. The Kier molecular flexibility index (Phi) is 7.65. The van der Waals surface area contributed by atoms with Crippen LogP contribution in [0, 0.1) is 0 Å². The number of likely N-dealkylation sites (tertiary alicyclic amines) is 1. The second-order valence-corrected chi connectivity index (χ2v) is 9.89. The quantitative estimate of drug-likeness (QED) is 0.647. The van der Waals surface area contributed by atoms with Crippen LogP contribution in [0.5, 0.6) is 0 Å². The van der Waals surface area contributed by atoms with Gasteiger partial charge >= 0.3 is 12.0 Å². The van der Waals surface area contributed by atoms with Crippen molar-refractivity contribution in [3.63, 3.8) is 0 Å². The number of hydrogen-bond acceptors (Lipinski definition) is 4. The van der Waals surface area contributed by atoms with Gasteiger partial charge in [0.2, 0.25) is 0 Å². The van der Waals surface area contributed by atoms with E-state index in [1.54, 1.807) is 4.90 Å². The summed E-state index contributed by atoms with van der Waals surface area (Å²) in [6.07, 6.45) is 3.50. The van der Waals surface area contributed by atoms with Crippen molar-refractivity contribution >= 4 is 12.0 Å². The summed E-state index contributed by atoms with van der Waals surface area (Å²) in [7, 11) is 0. The minimum Gasteiger partial charge on any atom is -0.463 e. The molecule has 1 N–H and O–H groups in total. The largest absolute Gasteiger partial charge is 0.463 e. The van der Waals surface area contributed by atoms with E-state index in [0.717, 1.165) is 30.6 Å². The van der Waals surface area contributed by atoms with Crippen molar-refractivity contribution < 1.29 is 14.3 Å². The molecule has 0 aliphatic carbocycles. The van der Waals surface area contributed by atoms with Gasteiger partial charge < -0.3 is 10.1 Å². The van der Waals surface area contributed by atoms with Crippen molar-refractivity contribution in [2.75, 3.05) is 26.2 Å². The van der Waals surface area contributed by atoms with Gasteiger partial charge in [-0.25, -0.2) is 9.59 Å². The van der Waals surface area contributed by atoms with Gasteiger partial charge in [-0.15, -0.1) is 0 Å². The van der Waals surface area contributed by atoms with Crippen LogP contribution in [0.4, 0.5) is 4.79 Å². The molecule has 1 aromatic carbocycles. The van der Waals surface area contributed by atoms with Crippen molar-refractivity contribution in [1.29, 1.82) is 0 Å². The summed E-state index contributed by atoms with van der Waals surface area (Å²) in [5.41, 5.74) is 3.46. The van der Waals surface area contributed by atoms with Crippen LogP contribution in [0.2, 0.25) is 0 Å². The van der Waals surface area contributed by atoms with Crippen molar-refractivity contribution in [3.05, 3.63) is 46.7 Å². The summed E-state index contributed by atoms with van der Waals surface area (Å²) in [6, 6.07) is 7.96. The lowest BCUT2D eigenvalue weighted by Crippen LogP contribution is -2.52. The Labute approximate surface area is 193 Å². The number of urea groups is 1. The van der Waals surface area contributed by atoms with E-state index in [-0.39, 0.29) is 17.4 Å². The Hall–Kier alpha value is -2.34. The topological polar surface area (TPSA) is 61.9 Å². The molecule has 2 atom stereocenters. The van der Waals surface area contributed by atoms with Gasteiger partial charge in [0, 0.05) is 24.8 Å². The van der Waals surface area contributed by atoms with Crippen LogP contribution in [0.1, 0.15) is 78.0 Å². The standard InChI is InChI=1S/C26H39N3O3/c1-7-29-21(17-28-16-10-9-11-18(28)3)22(24(30)32-8-2)23(27-25(29)31)19-12-14-20(15-13-19)26(4,5)6/h12-15,18,23H,7-11,16-17H2,1-6H3,(H,27,31)/t18-,23+/m1/s1. The normalized spacial score (nSPS) is 22.7. The average Bonchev–Trinajstić information content (AvgIpc) is 2.74. The summed E-state index contributed by atoms with van der Waals surface area (Å²) >= 11 is 0. The summed E-state index contributed by atoms with van der Waals surface area (Å²) < 4.78 is 5.49. The Morgan fingerprint density at radius 1 is 1.16 bits per heavy atom. The molecule has 1 saturated heterocycles. The molecular weight excluding hydrogens is 402 g/mol. The summed E-state index contributed by atoms with van der Waals surface area (Å²) in [6.45, 7) is 14.9. The average molecular weight is 442 g/mol. The highest BCUT2D eigenvalue weighted by molar-refractivity contribution is 5.95. The van der Waals surface area contributed by atoms with E-state index in [2.05, 4.69) is 50.0 Å². The number of amides is 2. The van der Waals surface area contributed by atoms with Gasteiger partial charge in [0.1, 0.15) is 0 Å². The highest BCUT2D eigenvalue weighted by atomic mass is 16.5. The van der Waals surface area contributed by atoms with Crippen LogP contribution >= 0.6 is 0 Å². The smallest absolute Gasteiger partial charge is 0.338 e. The molecule has 2 aliphatic rings. The van der Waals surface area contributed by atoms with Crippen LogP contribution in [-0.4, -0.2) is 54.1 Å². The number of carbonyl (C=O) groups excluding carboxylic acids is 2. The molecule has 6 heteroatoms. The van der Waals surface area contributed by atoms with Gasteiger partial charge in [-0.2, -0.15) is 0 Å². The molecule has 1 fully saturated rings. The van der Waals surface area contributed by atoms with Gasteiger partial charge in [-0.3, -0.25) is 9.80 Å². The first-order valence-electron chi connectivity index (χ1n) is 12.0. The van der Waals surface area contributed by atoms with Crippen molar-refractivity contribution in [1.82, 2.24) is 15.1 Å². The van der Waals surface area contributed by atoms with E-state index in [1.807, 2.05) is 26.0 Å². The number of nitrogens with zero attached hydrogens (tertiary/aromatic N) is 2. The third kappa shape index (κ3) is 5.17. The van der Waals surface area contributed by atoms with Crippen molar-refractivity contribution in [3.8, 4) is 0 Å². The number of likely N-dealkylation sites (N-methyl/N-ethyl adjacent to an activating group) is 1. The number of esters is 1. The van der Waals surface area contributed by atoms with Crippen LogP contribution in [0.3, 0.4) is 0 Å². The number of rotatable bonds is 6. The van der Waals surface area contributed by atoms with Crippen molar-refractivity contribution in [2.45, 2.75) is 78.3 Å². The molecule has 6 nitrogen and oxygen atoms in total. The minimum absolute atomic E-state index is 0.0305. The zero-order valence-electron chi connectivity index (χ0n) is 20.5. The number of ether oxygens (including phenoxy) is 1. The Bertz CT molecular complexity index is 854. The Morgan fingerprint density at radius 3 is 2.41 bits per heavy atom. The maximum absolute atomic E-state index is 13.2. The van der Waals surface area contributed by atoms with Gasteiger partial charge in [0.05, 0.1) is 18.2 Å². The van der Waals surface area contributed by atoms with Gasteiger partial charge in [-0.05, 0) is 56.7 Å². The molecule has 0 unspecified atom stereocenters. The molecule has 2 aliphatic heterocycles. The van der Waals surface area contributed by atoms with E-state index in [1.165, 1.54) is 12.0 Å². The molecule has 0 bridgehead atoms. The molecule has 176 valence electrons. The van der Waals surface area contributed by atoms with Gasteiger partial charge in [-0.1, -0.05) is 51.5 Å². The van der Waals surface area contributed by atoms with Crippen LogP contribution < -0.4 is 5.32 Å². The van der Waals surface area contributed by atoms with E-state index in [9.17, 15) is 9.59 Å². The first-order valence-corrected chi connectivity index (χ1v) is 12.0. The fraction of sp³-hybridized carbons (Fsp3) is 0.615. The van der Waals surface area contributed by atoms with E-state index < -0.39 is 6.04 Å². The Balaban J connectivity index is 2.08. The molecule has 2 heterocycles. The first kappa shape index (κ1) is 24.3. The van der Waals surface area contributed by atoms with E-state index >= 15 is 0 Å². The lowest BCUT2D eigenvalue weighted by atomic mass is 9.85. The summed E-state index contributed by atoms with van der Waals surface area (Å²) in [4.78, 5) is 30.4. The predicted molar refractivity (Wildman–Crippen MR) is 127 cm³/mol. The Morgan fingerprint density at radius 2 is 1.84 bits per heavy atom. The second-order valence-electron chi connectivity index (χ2n) is 9.89. The number of piperidine rings is 1. The fourth-order valence-electron chi connectivity index (χ4n) is 4.67. The van der Waals surface area contributed by atoms with Crippen LogP contribution in [0.25, 0.3) is 0 Å². The first-order chi connectivity index (χ1) is 15.2. The lowest BCUT2D eigenvalue weighted by Gasteiger charge is -2.40. The highest BCUT2D eigenvalue weighted by Crippen LogP contribution is 2.34. The molecule has 1 aromatic rings. The number of carbonyl (C=O) groups is 2. The zero-order valence-corrected chi connectivity index (χ0v) is 20.5. The van der Waals surface area contributed by atoms with Gasteiger partial charge in [0.15, 0.2) is 0 Å². The third-order valence-electron chi connectivity index (χ3n) is 6.65. The third-order valence-corrected chi connectivity index (χ3v) is 6.65. The zero-order chi connectivity index (χ0) is 23.5. The summed E-state index contributed by atoms with van der Waals surface area (Å²) in [5.74, 6) is -0.351. The molecule has 0 spiro atoms. The number of hydrogen-bond donors (Lipinski definition) is 1. The second kappa shape index (κ2) is 10.1. The van der Waals surface area contributed by atoms with E-state index in [4.69, 9.17) is 4.74 Å². The molecule has 0 saturated carbocycles. The molecule has 2 amide bonds. The molecule has 32 heavy (non-hydrogen) atoms. The molecule has 0 aromatic heterocycles. The summed E-state index contributed by atoms with van der Waals surface area (Å²) in [5, 5.41) is 3.07. The number of nitrogens with one attached hydrogen (secondary N) is 1. The maximum Gasteiger partial charge on any atom is 0.338 e. The lowest BCUT2D eigenvalue weighted by molar-refractivity contribution is -0.139. The molecular formula is C26H39N3O3. The van der Waals surface area contributed by atoms with E-state index in [0.29, 0.717) is 31.3 Å². The maximum atomic E-state index is 13.2. The van der Waals surface area contributed by atoms with Crippen LogP contribution in [0.15, 0.2) is 35.5 Å². The molecule has 3 rings (SSSR count).